The smallest absolute Gasteiger partial charge is 0.168 e. The summed E-state index contributed by atoms with van der Waals surface area (Å²) in [4.78, 5) is 0. The van der Waals surface area contributed by atoms with Crippen molar-refractivity contribution in [1.82, 2.24) is 0 Å². The van der Waals surface area contributed by atoms with Crippen LogP contribution in [0, 0.1) is 0 Å². The molecule has 0 amide bonds. The molecular weight excluding hydrogens is 328 g/mol. The second kappa shape index (κ2) is 8.00. The van der Waals surface area contributed by atoms with E-state index >= 15 is 0 Å². The number of methoxy groups -OCH3 is 4. The van der Waals surface area contributed by atoms with E-state index in [1.165, 1.54) is 0 Å². The summed E-state index contributed by atoms with van der Waals surface area (Å²) >= 11 is 0. The number of allylic oxidation sites excluding steroid dienone is 3. The summed E-state index contributed by atoms with van der Waals surface area (Å²) in [5, 5.41) is 0. The molecule has 136 valence electrons. The van der Waals surface area contributed by atoms with E-state index < -0.39 is 0 Å². The van der Waals surface area contributed by atoms with Gasteiger partial charge in [-0.3, -0.25) is 0 Å². The van der Waals surface area contributed by atoms with Crippen LogP contribution in [0.1, 0.15) is 17.9 Å². The maximum Gasteiger partial charge on any atom is 0.168 e. The highest BCUT2D eigenvalue weighted by Crippen LogP contribution is 2.44. The molecule has 1 atom stereocenters. The summed E-state index contributed by atoms with van der Waals surface area (Å²) in [6, 6.07) is 14.2. The molecule has 26 heavy (non-hydrogen) atoms. The van der Waals surface area contributed by atoms with E-state index in [1.807, 2.05) is 36.4 Å². The third-order valence-electron chi connectivity index (χ3n) is 4.67. The molecule has 0 saturated heterocycles. The van der Waals surface area contributed by atoms with Gasteiger partial charge in [-0.2, -0.15) is 0 Å². The molecule has 4 heteroatoms. The first-order valence-corrected chi connectivity index (χ1v) is 8.54. The van der Waals surface area contributed by atoms with E-state index in [1.54, 1.807) is 28.4 Å². The molecule has 0 aliphatic heterocycles. The molecule has 1 unspecified atom stereocenters. The minimum atomic E-state index is 0.0760. The van der Waals surface area contributed by atoms with Gasteiger partial charge in [0.05, 0.1) is 28.4 Å². The molecule has 0 heterocycles. The largest absolute Gasteiger partial charge is 0.497 e. The van der Waals surface area contributed by atoms with Crippen LogP contribution in [0.25, 0.3) is 11.1 Å². The van der Waals surface area contributed by atoms with Gasteiger partial charge >= 0.3 is 0 Å². The Morgan fingerprint density at radius 2 is 1.54 bits per heavy atom. The quantitative estimate of drug-likeness (QED) is 0.739. The number of hydrogen-bond donors (Lipinski definition) is 0. The second-order valence-corrected chi connectivity index (χ2v) is 5.96. The highest BCUT2D eigenvalue weighted by atomic mass is 16.5. The first-order valence-electron chi connectivity index (χ1n) is 8.54. The Bertz CT molecular complexity index is 836. The molecule has 0 saturated carbocycles. The molecule has 0 aromatic heterocycles. The highest BCUT2D eigenvalue weighted by Gasteiger charge is 2.27. The van der Waals surface area contributed by atoms with Gasteiger partial charge in [-0.25, -0.2) is 0 Å². The minimum absolute atomic E-state index is 0.0760. The Morgan fingerprint density at radius 3 is 2.23 bits per heavy atom. The van der Waals surface area contributed by atoms with Crippen molar-refractivity contribution < 1.29 is 18.9 Å². The predicted octanol–water partition coefficient (Wildman–Crippen LogP) is 4.92. The third kappa shape index (κ3) is 3.15. The van der Waals surface area contributed by atoms with Gasteiger partial charge in [-0.1, -0.05) is 42.5 Å². The SMILES string of the molecule is COC1=C(OC)C(c2ccccc2-c2cccc(OC)c2OC)CC=C1. The topological polar surface area (TPSA) is 36.9 Å². The van der Waals surface area contributed by atoms with E-state index in [2.05, 4.69) is 18.2 Å². The van der Waals surface area contributed by atoms with Crippen LogP contribution in [-0.4, -0.2) is 28.4 Å². The fourth-order valence-electron chi connectivity index (χ4n) is 3.50. The van der Waals surface area contributed by atoms with Crippen molar-refractivity contribution in [2.45, 2.75) is 12.3 Å². The molecule has 0 spiro atoms. The van der Waals surface area contributed by atoms with Gasteiger partial charge in [0.2, 0.25) is 0 Å². The predicted molar refractivity (Wildman–Crippen MR) is 103 cm³/mol. The number of ether oxygens (including phenoxy) is 4. The molecule has 3 rings (SSSR count). The summed E-state index contributed by atoms with van der Waals surface area (Å²) in [5.74, 6) is 3.11. The van der Waals surface area contributed by atoms with Crippen LogP contribution in [0.2, 0.25) is 0 Å². The molecule has 1 aliphatic carbocycles. The summed E-state index contributed by atoms with van der Waals surface area (Å²) in [5.41, 5.74) is 3.25. The van der Waals surface area contributed by atoms with Crippen molar-refractivity contribution in [3.63, 3.8) is 0 Å². The summed E-state index contributed by atoms with van der Waals surface area (Å²) in [7, 11) is 6.67. The fourth-order valence-corrected chi connectivity index (χ4v) is 3.50. The van der Waals surface area contributed by atoms with Gasteiger partial charge in [0.1, 0.15) is 5.76 Å². The lowest BCUT2D eigenvalue weighted by Crippen LogP contribution is -2.12. The summed E-state index contributed by atoms with van der Waals surface area (Å²) in [6.07, 6.45) is 4.93. The zero-order chi connectivity index (χ0) is 18.5. The molecule has 0 bridgehead atoms. The molecule has 0 fully saturated rings. The summed E-state index contributed by atoms with van der Waals surface area (Å²) < 4.78 is 22.3. The number of hydrogen-bond acceptors (Lipinski definition) is 4. The molecule has 4 nitrogen and oxygen atoms in total. The highest BCUT2D eigenvalue weighted by molar-refractivity contribution is 5.77. The lowest BCUT2D eigenvalue weighted by Gasteiger charge is -2.26. The van der Waals surface area contributed by atoms with Gasteiger partial charge in [0, 0.05) is 11.5 Å². The first-order chi connectivity index (χ1) is 12.7. The maximum atomic E-state index is 5.70. The minimum Gasteiger partial charge on any atom is -0.497 e. The van der Waals surface area contributed by atoms with Crippen LogP contribution in [0.15, 0.2) is 66.1 Å². The van der Waals surface area contributed by atoms with Crippen LogP contribution in [0.5, 0.6) is 11.5 Å². The van der Waals surface area contributed by atoms with E-state index in [-0.39, 0.29) is 5.92 Å². The van der Waals surface area contributed by atoms with Crippen LogP contribution in [-0.2, 0) is 9.47 Å². The normalized spacial score (nSPS) is 16.4. The Morgan fingerprint density at radius 1 is 0.769 bits per heavy atom. The van der Waals surface area contributed by atoms with E-state index in [4.69, 9.17) is 18.9 Å². The van der Waals surface area contributed by atoms with Crippen molar-refractivity contribution in [3.8, 4) is 22.6 Å². The van der Waals surface area contributed by atoms with Crippen molar-refractivity contribution in [2.24, 2.45) is 0 Å². The average Bonchev–Trinajstić information content (AvgIpc) is 2.72. The monoisotopic (exact) mass is 352 g/mol. The Hall–Kier alpha value is -2.88. The standard InChI is InChI=1S/C22H24O4/c1-23-19-13-7-11-17(21(19)25-3)15-9-5-6-10-16(15)18-12-8-14-20(24-2)22(18)26-4/h5-11,13-14,18H,12H2,1-4H3. The lowest BCUT2D eigenvalue weighted by atomic mass is 9.84. The van der Waals surface area contributed by atoms with Crippen molar-refractivity contribution in [3.05, 3.63) is 71.7 Å². The molecule has 0 radical (unpaired) electrons. The van der Waals surface area contributed by atoms with Gasteiger partial charge in [-0.15, -0.1) is 0 Å². The zero-order valence-electron chi connectivity index (χ0n) is 15.6. The van der Waals surface area contributed by atoms with Gasteiger partial charge in [0.15, 0.2) is 17.3 Å². The summed E-state index contributed by atoms with van der Waals surface area (Å²) in [6.45, 7) is 0. The third-order valence-corrected chi connectivity index (χ3v) is 4.67. The van der Waals surface area contributed by atoms with Gasteiger partial charge < -0.3 is 18.9 Å². The maximum absolute atomic E-state index is 5.70. The second-order valence-electron chi connectivity index (χ2n) is 5.96. The Kier molecular flexibility index (Phi) is 5.52. The van der Waals surface area contributed by atoms with Crippen LogP contribution < -0.4 is 9.47 Å². The number of rotatable bonds is 6. The Labute approximate surface area is 154 Å². The van der Waals surface area contributed by atoms with E-state index in [0.29, 0.717) is 5.75 Å². The lowest BCUT2D eigenvalue weighted by molar-refractivity contribution is 0.209. The Balaban J connectivity index is 2.17. The van der Waals surface area contributed by atoms with Crippen LogP contribution >= 0.6 is 0 Å². The first kappa shape index (κ1) is 17.9. The average molecular weight is 352 g/mol. The molecule has 0 N–H and O–H groups in total. The number of benzene rings is 2. The molecule has 1 aliphatic rings. The number of para-hydroxylation sites is 1. The van der Waals surface area contributed by atoms with Gasteiger partial charge in [0.25, 0.3) is 0 Å². The fraction of sp³-hybridized carbons (Fsp3) is 0.273. The van der Waals surface area contributed by atoms with Gasteiger partial charge in [-0.05, 0) is 29.7 Å². The van der Waals surface area contributed by atoms with Crippen molar-refractivity contribution in [1.29, 1.82) is 0 Å². The zero-order valence-corrected chi connectivity index (χ0v) is 15.6. The van der Waals surface area contributed by atoms with E-state index in [9.17, 15) is 0 Å². The van der Waals surface area contributed by atoms with E-state index in [0.717, 1.165) is 40.4 Å². The van der Waals surface area contributed by atoms with Crippen molar-refractivity contribution in [2.75, 3.05) is 28.4 Å². The van der Waals surface area contributed by atoms with Crippen LogP contribution in [0.3, 0.4) is 0 Å². The molecule has 2 aromatic carbocycles. The molecular formula is C22H24O4. The van der Waals surface area contributed by atoms with Crippen LogP contribution in [0.4, 0.5) is 0 Å². The van der Waals surface area contributed by atoms with Crippen molar-refractivity contribution >= 4 is 0 Å². The molecule has 2 aromatic rings.